The molecule has 2 aliphatic heterocycles. The van der Waals surface area contributed by atoms with Crippen molar-refractivity contribution < 1.29 is 27.8 Å². The number of ether oxygens (including phenoxy) is 2. The molecule has 1 aromatic heterocycles. The molecule has 0 atom stereocenters. The lowest BCUT2D eigenvalue weighted by Crippen LogP contribution is -2.59. The molecule has 3 heterocycles. The Morgan fingerprint density at radius 3 is 1.43 bits per heavy atom. The van der Waals surface area contributed by atoms with E-state index in [0.29, 0.717) is 25.7 Å². The Kier molecular flexibility index (Phi) is 8.69. The zero-order valence-corrected chi connectivity index (χ0v) is 25.9. The molecule has 7 nitrogen and oxygen atoms in total. The summed E-state index contributed by atoms with van der Waals surface area (Å²) < 4.78 is 41.6. The topological polar surface area (TPSA) is 89.6 Å². The third-order valence-electron chi connectivity index (χ3n) is 7.64. The van der Waals surface area contributed by atoms with Crippen molar-refractivity contribution in [2.24, 2.45) is 0 Å². The van der Waals surface area contributed by atoms with Crippen molar-refractivity contribution >= 4 is 23.6 Å². The Balaban J connectivity index is 1.40. The Hall–Kier alpha value is -3.17. The Morgan fingerprint density at radius 1 is 0.643 bits per heavy atom. The third kappa shape index (κ3) is 8.01. The van der Waals surface area contributed by atoms with Crippen LogP contribution in [-0.2, 0) is 9.47 Å². The predicted octanol–water partition coefficient (Wildman–Crippen LogP) is 6.78. The monoisotopic (exact) mass is 583 g/mol. The molecule has 0 saturated carbocycles. The number of nitrogens with zero attached hydrogens (tertiary/aromatic N) is 1. The molecule has 0 bridgehead atoms. The maximum atomic E-state index is 15.0. The van der Waals surface area contributed by atoms with Gasteiger partial charge in [0.2, 0.25) is 0 Å². The number of hydrogen-bond acceptors (Lipinski definition) is 7. The van der Waals surface area contributed by atoms with E-state index in [1.165, 1.54) is 42.6 Å². The van der Waals surface area contributed by atoms with Crippen molar-refractivity contribution in [3.63, 3.8) is 0 Å². The van der Waals surface area contributed by atoms with Gasteiger partial charge in [-0.15, -0.1) is 0 Å². The van der Waals surface area contributed by atoms with E-state index < -0.39 is 23.6 Å². The molecule has 2 aromatic rings. The van der Waals surface area contributed by atoms with Crippen LogP contribution in [0.1, 0.15) is 113 Å². The summed E-state index contributed by atoms with van der Waals surface area (Å²) in [5.74, 6) is -3.37. The van der Waals surface area contributed by atoms with Gasteiger partial charge in [0.15, 0.2) is 11.7 Å². The third-order valence-corrected chi connectivity index (χ3v) is 7.64. The minimum Gasteiger partial charge on any atom is -0.459 e. The number of esters is 2. The molecule has 2 fully saturated rings. The number of nitrogens with one attached hydrogen (secondary N) is 2. The van der Waals surface area contributed by atoms with Crippen molar-refractivity contribution in [2.75, 3.05) is 0 Å². The van der Waals surface area contributed by atoms with E-state index in [2.05, 4.69) is 71.0 Å². The van der Waals surface area contributed by atoms with Gasteiger partial charge in [0.25, 0.3) is 0 Å². The molecule has 0 aliphatic carbocycles. The summed E-state index contributed by atoms with van der Waals surface area (Å²) in [5.41, 5.74) is -0.651. The van der Waals surface area contributed by atoms with E-state index >= 15 is 8.78 Å². The molecule has 0 radical (unpaired) electrons. The summed E-state index contributed by atoms with van der Waals surface area (Å²) in [6.45, 7) is 16.5. The molecule has 0 amide bonds. The first kappa shape index (κ1) is 31.8. The van der Waals surface area contributed by atoms with Crippen molar-refractivity contribution in [3.05, 3.63) is 65.0 Å². The second-order valence-electron chi connectivity index (χ2n) is 14.3. The molecular weight excluding hydrogens is 540 g/mol. The number of rotatable bonds is 6. The van der Waals surface area contributed by atoms with Gasteiger partial charge in [-0.1, -0.05) is 12.1 Å². The van der Waals surface area contributed by atoms with Gasteiger partial charge in [0, 0.05) is 59.6 Å². The van der Waals surface area contributed by atoms with E-state index in [1.54, 1.807) is 0 Å². The van der Waals surface area contributed by atoms with Gasteiger partial charge >= 0.3 is 11.9 Å². The summed E-state index contributed by atoms with van der Waals surface area (Å²) >= 11 is 0. The SMILES string of the molecule is CC1(C)CC(OC(=O)c2ccc(/C(F)=C(\F)c3ccc(C(=O)OC4CC(C)(C)NC(C)(C)C4)cn3)cc2)CC(C)(C)N1. The highest BCUT2D eigenvalue weighted by atomic mass is 19.2. The number of aromatic nitrogens is 1. The fourth-order valence-electron chi connectivity index (χ4n) is 6.70. The Bertz CT molecular complexity index is 1210. The quantitative estimate of drug-likeness (QED) is 0.363. The lowest BCUT2D eigenvalue weighted by Gasteiger charge is -2.45. The first-order valence-electron chi connectivity index (χ1n) is 14.5. The molecular formula is C33H43F2N3O4. The van der Waals surface area contributed by atoms with Crippen LogP contribution in [0.25, 0.3) is 11.7 Å². The molecule has 2 aliphatic rings. The smallest absolute Gasteiger partial charge is 0.339 e. The van der Waals surface area contributed by atoms with Crippen LogP contribution in [0, 0.1) is 0 Å². The minimum absolute atomic E-state index is 0.0467. The number of hydrogen-bond donors (Lipinski definition) is 2. The number of carbonyl (C=O) groups is 2. The number of carbonyl (C=O) groups excluding carboxylic acids is 2. The van der Waals surface area contributed by atoms with E-state index in [-0.39, 0.29) is 56.7 Å². The fourth-order valence-corrected chi connectivity index (χ4v) is 6.70. The Labute approximate surface area is 247 Å². The molecule has 0 unspecified atom stereocenters. The largest absolute Gasteiger partial charge is 0.459 e. The fraction of sp³-hybridized carbons (Fsp3) is 0.545. The van der Waals surface area contributed by atoms with Crippen LogP contribution in [0.4, 0.5) is 8.78 Å². The van der Waals surface area contributed by atoms with Crippen LogP contribution in [0.5, 0.6) is 0 Å². The highest BCUT2D eigenvalue weighted by Crippen LogP contribution is 2.33. The molecule has 0 spiro atoms. The molecule has 2 N–H and O–H groups in total. The molecule has 9 heteroatoms. The van der Waals surface area contributed by atoms with E-state index in [9.17, 15) is 9.59 Å². The van der Waals surface area contributed by atoms with Crippen molar-refractivity contribution in [3.8, 4) is 0 Å². The van der Waals surface area contributed by atoms with Crippen molar-refractivity contribution in [2.45, 2.75) is 115 Å². The molecule has 4 rings (SSSR count). The normalized spacial score (nSPS) is 22.1. The van der Waals surface area contributed by atoms with Crippen LogP contribution in [0.3, 0.4) is 0 Å². The first-order chi connectivity index (χ1) is 19.3. The minimum atomic E-state index is -1.17. The van der Waals surface area contributed by atoms with Gasteiger partial charge in [-0.2, -0.15) is 0 Å². The first-order valence-corrected chi connectivity index (χ1v) is 14.5. The highest BCUT2D eigenvalue weighted by molar-refractivity contribution is 5.91. The number of pyridine rings is 1. The average molecular weight is 584 g/mol. The predicted molar refractivity (Wildman–Crippen MR) is 159 cm³/mol. The second-order valence-corrected chi connectivity index (χ2v) is 14.3. The van der Waals surface area contributed by atoms with Crippen LogP contribution in [-0.4, -0.2) is 51.3 Å². The van der Waals surface area contributed by atoms with Gasteiger partial charge in [-0.05, 0) is 79.7 Å². The van der Waals surface area contributed by atoms with E-state index in [4.69, 9.17) is 9.47 Å². The maximum absolute atomic E-state index is 15.0. The number of benzene rings is 1. The van der Waals surface area contributed by atoms with Crippen LogP contribution in [0.15, 0.2) is 42.6 Å². The van der Waals surface area contributed by atoms with E-state index in [1.807, 2.05) is 0 Å². The highest BCUT2D eigenvalue weighted by Gasteiger charge is 2.40. The van der Waals surface area contributed by atoms with Crippen LogP contribution < -0.4 is 10.6 Å². The van der Waals surface area contributed by atoms with E-state index in [0.717, 1.165) is 0 Å². The number of piperidine rings is 2. The van der Waals surface area contributed by atoms with Gasteiger partial charge in [0.05, 0.1) is 11.1 Å². The molecule has 1 aromatic carbocycles. The number of halogens is 2. The second kappa shape index (κ2) is 11.5. The van der Waals surface area contributed by atoms with Crippen LogP contribution in [0.2, 0.25) is 0 Å². The molecule has 2 saturated heterocycles. The summed E-state index contributed by atoms with van der Waals surface area (Å²) in [4.78, 5) is 29.5. The van der Waals surface area contributed by atoms with Crippen molar-refractivity contribution in [1.82, 2.24) is 15.6 Å². The van der Waals surface area contributed by atoms with Gasteiger partial charge < -0.3 is 20.1 Å². The summed E-state index contributed by atoms with van der Waals surface area (Å²) in [6.07, 6.45) is 3.28. The molecule has 42 heavy (non-hydrogen) atoms. The van der Waals surface area contributed by atoms with Gasteiger partial charge in [0.1, 0.15) is 17.9 Å². The summed E-state index contributed by atoms with van der Waals surface area (Å²) in [7, 11) is 0. The molecule has 228 valence electrons. The lowest BCUT2D eigenvalue weighted by atomic mass is 9.81. The van der Waals surface area contributed by atoms with Gasteiger partial charge in [-0.3, -0.25) is 4.98 Å². The maximum Gasteiger partial charge on any atom is 0.339 e. The van der Waals surface area contributed by atoms with Crippen molar-refractivity contribution in [1.29, 1.82) is 0 Å². The van der Waals surface area contributed by atoms with Gasteiger partial charge in [-0.25, -0.2) is 18.4 Å². The standard InChI is InChI=1S/C33H43F2N3O4/c1-30(2)15-23(16-31(3,4)37-30)41-28(39)21-11-9-20(10-12-21)26(34)27(35)25-14-13-22(19-36-25)29(40)42-24-17-32(5,6)38-33(7,8)18-24/h9-14,19,23-24,37-38H,15-18H2,1-8H3/b27-26+. The van der Waals surface area contributed by atoms with Crippen LogP contribution >= 0.6 is 0 Å². The average Bonchev–Trinajstić information content (AvgIpc) is 2.84. The zero-order valence-electron chi connectivity index (χ0n) is 25.9. The Morgan fingerprint density at radius 2 is 1.02 bits per heavy atom. The summed E-state index contributed by atoms with van der Waals surface area (Å²) in [6, 6.07) is 8.10. The summed E-state index contributed by atoms with van der Waals surface area (Å²) in [5, 5.41) is 7.08. The zero-order chi connectivity index (χ0) is 31.1. The lowest BCUT2D eigenvalue weighted by molar-refractivity contribution is -0.00768.